The third-order valence-corrected chi connectivity index (χ3v) is 3.72. The van der Waals surface area contributed by atoms with E-state index in [4.69, 9.17) is 0 Å². The molecule has 0 heterocycles. The molecule has 0 fully saturated rings. The van der Waals surface area contributed by atoms with E-state index in [0.29, 0.717) is 19.4 Å². The van der Waals surface area contributed by atoms with Gasteiger partial charge in [-0.25, -0.2) is 0 Å². The molecule has 0 radical (unpaired) electrons. The highest BCUT2D eigenvalue weighted by Crippen LogP contribution is 2.16. The van der Waals surface area contributed by atoms with Gasteiger partial charge in [0, 0.05) is 19.0 Å². The molecule has 122 valence electrons. The predicted molar refractivity (Wildman–Crippen MR) is 89.4 cm³/mol. The van der Waals surface area contributed by atoms with Crippen LogP contribution in [0, 0.1) is 6.92 Å². The van der Waals surface area contributed by atoms with Crippen molar-refractivity contribution < 1.29 is 9.59 Å². The zero-order chi connectivity index (χ0) is 16.7. The number of benzene rings is 1. The van der Waals surface area contributed by atoms with Crippen LogP contribution in [0.2, 0.25) is 0 Å². The Balaban J connectivity index is 3.03. The van der Waals surface area contributed by atoms with Gasteiger partial charge in [-0.1, -0.05) is 38.1 Å². The Bertz CT molecular complexity index is 512. The van der Waals surface area contributed by atoms with Crippen molar-refractivity contribution in [2.45, 2.75) is 66.1 Å². The molecule has 0 aromatic heterocycles. The van der Waals surface area contributed by atoms with Crippen LogP contribution >= 0.6 is 0 Å². The minimum Gasteiger partial charge on any atom is -0.352 e. The smallest absolute Gasteiger partial charge is 0.243 e. The second-order valence-corrected chi connectivity index (χ2v) is 5.89. The molecule has 2 amide bonds. The molecular formula is C18H28N2O2. The van der Waals surface area contributed by atoms with Crippen LogP contribution in [-0.2, 0) is 16.1 Å². The minimum atomic E-state index is -0.422. The van der Waals surface area contributed by atoms with Crippen molar-refractivity contribution in [3.8, 4) is 0 Å². The number of aryl methyl sites for hydroxylation is 1. The number of hydrogen-bond donors (Lipinski definition) is 1. The highest BCUT2D eigenvalue weighted by Gasteiger charge is 2.28. The standard InChI is InChI=1S/C18H28N2O2/c1-6-16(18(22)19-13(3)4)20(17(21)7-2)12-15-11-9-8-10-14(15)5/h8-11,13,16H,6-7,12H2,1-5H3,(H,19,22)/t16-/m1/s1. The van der Waals surface area contributed by atoms with E-state index >= 15 is 0 Å². The Morgan fingerprint density at radius 1 is 1.18 bits per heavy atom. The van der Waals surface area contributed by atoms with Crippen molar-refractivity contribution in [1.29, 1.82) is 0 Å². The van der Waals surface area contributed by atoms with Crippen molar-refractivity contribution in [1.82, 2.24) is 10.2 Å². The average molecular weight is 304 g/mol. The van der Waals surface area contributed by atoms with E-state index < -0.39 is 6.04 Å². The lowest BCUT2D eigenvalue weighted by Crippen LogP contribution is -2.50. The van der Waals surface area contributed by atoms with Crippen LogP contribution < -0.4 is 5.32 Å². The van der Waals surface area contributed by atoms with Crippen molar-refractivity contribution in [2.75, 3.05) is 0 Å². The molecule has 0 aliphatic heterocycles. The molecule has 22 heavy (non-hydrogen) atoms. The van der Waals surface area contributed by atoms with Gasteiger partial charge in [-0.2, -0.15) is 0 Å². The minimum absolute atomic E-state index is 0.00834. The van der Waals surface area contributed by atoms with Crippen LogP contribution in [-0.4, -0.2) is 28.8 Å². The largest absolute Gasteiger partial charge is 0.352 e. The van der Waals surface area contributed by atoms with Crippen LogP contribution in [0.15, 0.2) is 24.3 Å². The predicted octanol–water partition coefficient (Wildman–Crippen LogP) is 3.04. The molecule has 1 atom stereocenters. The highest BCUT2D eigenvalue weighted by atomic mass is 16.2. The Labute approximate surface area is 133 Å². The van der Waals surface area contributed by atoms with E-state index in [1.807, 2.05) is 58.9 Å². The van der Waals surface area contributed by atoms with Gasteiger partial charge in [0.1, 0.15) is 6.04 Å². The van der Waals surface area contributed by atoms with Crippen molar-refractivity contribution in [2.24, 2.45) is 0 Å². The molecule has 1 rings (SSSR count). The first-order chi connectivity index (χ1) is 10.4. The summed E-state index contributed by atoms with van der Waals surface area (Å²) in [6.07, 6.45) is 1.01. The van der Waals surface area contributed by atoms with Crippen LogP contribution in [0.3, 0.4) is 0 Å². The summed E-state index contributed by atoms with van der Waals surface area (Å²) < 4.78 is 0. The molecule has 0 unspecified atom stereocenters. The first-order valence-corrected chi connectivity index (χ1v) is 8.05. The van der Waals surface area contributed by atoms with Crippen LogP contribution in [0.1, 0.15) is 51.7 Å². The summed E-state index contributed by atoms with van der Waals surface area (Å²) in [5, 5.41) is 2.92. The first kappa shape index (κ1) is 18.2. The molecule has 0 aliphatic rings. The van der Waals surface area contributed by atoms with Gasteiger partial charge in [0.2, 0.25) is 11.8 Å². The lowest BCUT2D eigenvalue weighted by molar-refractivity contribution is -0.141. The molecular weight excluding hydrogens is 276 g/mol. The van der Waals surface area contributed by atoms with Gasteiger partial charge in [-0.15, -0.1) is 0 Å². The third-order valence-electron chi connectivity index (χ3n) is 3.72. The number of rotatable bonds is 7. The van der Waals surface area contributed by atoms with E-state index in [1.165, 1.54) is 0 Å². The van der Waals surface area contributed by atoms with Gasteiger partial charge in [-0.3, -0.25) is 9.59 Å². The van der Waals surface area contributed by atoms with E-state index in [2.05, 4.69) is 5.32 Å². The third kappa shape index (κ3) is 4.86. The summed E-state index contributed by atoms with van der Waals surface area (Å²) >= 11 is 0. The average Bonchev–Trinajstić information content (AvgIpc) is 2.47. The topological polar surface area (TPSA) is 49.4 Å². The number of nitrogens with one attached hydrogen (secondary N) is 1. The normalized spacial score (nSPS) is 12.1. The quantitative estimate of drug-likeness (QED) is 0.841. The molecule has 4 heteroatoms. The molecule has 0 saturated carbocycles. The van der Waals surface area contributed by atoms with Gasteiger partial charge in [0.05, 0.1) is 0 Å². The summed E-state index contributed by atoms with van der Waals surface area (Å²) in [4.78, 5) is 26.5. The van der Waals surface area contributed by atoms with Crippen LogP contribution in [0.25, 0.3) is 0 Å². The second kappa shape index (κ2) is 8.57. The molecule has 0 saturated heterocycles. The molecule has 0 bridgehead atoms. The zero-order valence-electron chi connectivity index (χ0n) is 14.3. The van der Waals surface area contributed by atoms with Gasteiger partial charge in [-0.05, 0) is 38.3 Å². The fraction of sp³-hybridized carbons (Fsp3) is 0.556. The molecule has 4 nitrogen and oxygen atoms in total. The number of carbonyl (C=O) groups is 2. The van der Waals surface area contributed by atoms with Crippen molar-refractivity contribution in [3.63, 3.8) is 0 Å². The molecule has 1 aromatic rings. The summed E-state index contributed by atoms with van der Waals surface area (Å²) in [5.74, 6) is -0.0677. The SMILES string of the molecule is CCC(=O)N(Cc1ccccc1C)[C@H](CC)C(=O)NC(C)C. The van der Waals surface area contributed by atoms with Gasteiger partial charge in [0.15, 0.2) is 0 Å². The Morgan fingerprint density at radius 2 is 1.82 bits per heavy atom. The summed E-state index contributed by atoms with van der Waals surface area (Å²) in [5.41, 5.74) is 2.22. The molecule has 1 aromatic carbocycles. The van der Waals surface area contributed by atoms with E-state index in [0.717, 1.165) is 11.1 Å². The van der Waals surface area contributed by atoms with E-state index in [9.17, 15) is 9.59 Å². The number of nitrogens with zero attached hydrogens (tertiary/aromatic N) is 1. The fourth-order valence-electron chi connectivity index (χ4n) is 2.47. The van der Waals surface area contributed by atoms with Crippen LogP contribution in [0.4, 0.5) is 0 Å². The van der Waals surface area contributed by atoms with Gasteiger partial charge >= 0.3 is 0 Å². The maximum Gasteiger partial charge on any atom is 0.243 e. The molecule has 0 aliphatic carbocycles. The monoisotopic (exact) mass is 304 g/mol. The fourth-order valence-corrected chi connectivity index (χ4v) is 2.47. The van der Waals surface area contributed by atoms with Gasteiger partial charge < -0.3 is 10.2 Å². The Kier molecular flexibility index (Phi) is 7.09. The first-order valence-electron chi connectivity index (χ1n) is 8.05. The Hall–Kier alpha value is -1.84. The molecule has 1 N–H and O–H groups in total. The highest BCUT2D eigenvalue weighted by molar-refractivity contribution is 5.87. The van der Waals surface area contributed by atoms with Crippen molar-refractivity contribution >= 4 is 11.8 Å². The second-order valence-electron chi connectivity index (χ2n) is 5.89. The number of carbonyl (C=O) groups excluding carboxylic acids is 2. The molecule has 0 spiro atoms. The number of amides is 2. The summed E-state index contributed by atoms with van der Waals surface area (Å²) in [7, 11) is 0. The van der Waals surface area contributed by atoms with E-state index in [1.54, 1.807) is 4.90 Å². The lowest BCUT2D eigenvalue weighted by Gasteiger charge is -2.31. The zero-order valence-corrected chi connectivity index (χ0v) is 14.3. The van der Waals surface area contributed by atoms with Crippen molar-refractivity contribution in [3.05, 3.63) is 35.4 Å². The van der Waals surface area contributed by atoms with Crippen LogP contribution in [0.5, 0.6) is 0 Å². The maximum absolute atomic E-state index is 12.4. The Morgan fingerprint density at radius 3 is 2.32 bits per heavy atom. The number of hydrogen-bond acceptors (Lipinski definition) is 2. The summed E-state index contributed by atoms with van der Waals surface area (Å²) in [6.45, 7) is 10.1. The van der Waals surface area contributed by atoms with E-state index in [-0.39, 0.29) is 17.9 Å². The summed E-state index contributed by atoms with van der Waals surface area (Å²) in [6, 6.07) is 7.63. The van der Waals surface area contributed by atoms with Gasteiger partial charge in [0.25, 0.3) is 0 Å². The maximum atomic E-state index is 12.4. The lowest BCUT2D eigenvalue weighted by atomic mass is 10.1.